The fourth-order valence-corrected chi connectivity index (χ4v) is 3.55. The number of fused-ring (bicyclic) bond motifs is 2. The fraction of sp³-hybridized carbons (Fsp3) is 0.304. The van der Waals surface area contributed by atoms with Gasteiger partial charge < -0.3 is 19.4 Å². The van der Waals surface area contributed by atoms with Crippen molar-refractivity contribution < 1.29 is 18.7 Å². The van der Waals surface area contributed by atoms with Crippen LogP contribution < -0.4 is 15.0 Å². The zero-order valence-electron chi connectivity index (χ0n) is 16.6. The molecule has 0 unspecified atom stereocenters. The van der Waals surface area contributed by atoms with E-state index in [1.807, 2.05) is 50.2 Å². The first kappa shape index (κ1) is 19.1. The van der Waals surface area contributed by atoms with Gasteiger partial charge in [-0.05, 0) is 37.1 Å². The highest BCUT2D eigenvalue weighted by Crippen LogP contribution is 2.34. The van der Waals surface area contributed by atoms with Gasteiger partial charge in [-0.1, -0.05) is 31.2 Å². The first-order chi connectivity index (χ1) is 14.1. The second-order valence-corrected chi connectivity index (χ2v) is 7.31. The molecule has 2 amide bonds. The summed E-state index contributed by atoms with van der Waals surface area (Å²) in [7, 11) is 0. The Labute approximate surface area is 169 Å². The summed E-state index contributed by atoms with van der Waals surface area (Å²) in [5.74, 6) is 0.233. The Hall–Kier alpha value is -3.28. The number of nitrogens with one attached hydrogen (secondary N) is 1. The summed E-state index contributed by atoms with van der Waals surface area (Å²) in [5.41, 5.74) is 3.39. The van der Waals surface area contributed by atoms with E-state index in [9.17, 15) is 9.59 Å². The number of aryl methyl sites for hydroxylation is 1. The van der Waals surface area contributed by atoms with Crippen molar-refractivity contribution in [2.45, 2.75) is 32.8 Å². The smallest absolute Gasteiger partial charge is 0.262 e. The Morgan fingerprint density at radius 1 is 1.21 bits per heavy atom. The molecule has 6 heteroatoms. The van der Waals surface area contributed by atoms with E-state index in [2.05, 4.69) is 5.32 Å². The van der Waals surface area contributed by atoms with Crippen LogP contribution in [0.3, 0.4) is 0 Å². The van der Waals surface area contributed by atoms with E-state index in [1.54, 1.807) is 17.2 Å². The average molecular weight is 392 g/mol. The molecule has 1 N–H and O–H groups in total. The first-order valence-electron chi connectivity index (χ1n) is 9.87. The van der Waals surface area contributed by atoms with Crippen LogP contribution in [0.5, 0.6) is 5.75 Å². The molecule has 29 heavy (non-hydrogen) atoms. The zero-order valence-corrected chi connectivity index (χ0v) is 16.6. The summed E-state index contributed by atoms with van der Waals surface area (Å²) < 4.78 is 11.5. The number of amides is 2. The Kier molecular flexibility index (Phi) is 5.25. The molecule has 1 aromatic heterocycles. The molecule has 0 saturated carbocycles. The lowest BCUT2D eigenvalue weighted by molar-refractivity contribution is -0.128. The van der Waals surface area contributed by atoms with Gasteiger partial charge in [-0.15, -0.1) is 0 Å². The summed E-state index contributed by atoms with van der Waals surface area (Å²) in [6, 6.07) is 13.3. The highest BCUT2D eigenvalue weighted by atomic mass is 16.5. The zero-order chi connectivity index (χ0) is 20.4. The summed E-state index contributed by atoms with van der Waals surface area (Å²) in [6.07, 6.45) is 1.93. The molecule has 0 radical (unpaired) electrons. The van der Waals surface area contributed by atoms with E-state index in [-0.39, 0.29) is 24.8 Å². The predicted molar refractivity (Wildman–Crippen MR) is 111 cm³/mol. The van der Waals surface area contributed by atoms with Crippen LogP contribution in [0, 0.1) is 6.92 Å². The maximum Gasteiger partial charge on any atom is 0.262 e. The number of hydrogen-bond donors (Lipinski definition) is 1. The standard InChI is InChI=1S/C23H24N2O4/c1-3-10-24-23(27)21-13-25(18-6-4-5-7-19(18)29-21)22(26)12-16-14-28-20-11-15(2)8-9-17(16)20/h4-9,11,14,21H,3,10,12-13H2,1-2H3,(H,24,27)/t21-/m1/s1. The van der Waals surface area contributed by atoms with Gasteiger partial charge in [0.25, 0.3) is 5.91 Å². The maximum absolute atomic E-state index is 13.2. The van der Waals surface area contributed by atoms with Crippen LogP contribution in [-0.4, -0.2) is 31.0 Å². The van der Waals surface area contributed by atoms with Gasteiger partial charge in [0.1, 0.15) is 11.3 Å². The molecule has 0 aliphatic carbocycles. The highest BCUT2D eigenvalue weighted by molar-refractivity contribution is 6.00. The number of benzene rings is 2. The lowest BCUT2D eigenvalue weighted by atomic mass is 10.1. The predicted octanol–water partition coefficient (Wildman–Crippen LogP) is 3.60. The van der Waals surface area contributed by atoms with Gasteiger partial charge in [-0.25, -0.2) is 0 Å². The fourth-order valence-electron chi connectivity index (χ4n) is 3.55. The Morgan fingerprint density at radius 3 is 2.86 bits per heavy atom. The molecule has 0 bridgehead atoms. The summed E-state index contributed by atoms with van der Waals surface area (Å²) in [6.45, 7) is 4.75. The van der Waals surface area contributed by atoms with Gasteiger partial charge in [0.15, 0.2) is 6.10 Å². The molecule has 3 aromatic rings. The molecule has 1 aliphatic rings. The monoisotopic (exact) mass is 392 g/mol. The lowest BCUT2D eigenvalue weighted by Crippen LogP contribution is -2.51. The van der Waals surface area contributed by atoms with Crippen molar-refractivity contribution in [3.05, 3.63) is 59.9 Å². The third kappa shape index (κ3) is 3.83. The Morgan fingerprint density at radius 2 is 2.03 bits per heavy atom. The van der Waals surface area contributed by atoms with Crippen molar-refractivity contribution >= 4 is 28.5 Å². The van der Waals surface area contributed by atoms with Crippen LogP contribution in [-0.2, 0) is 16.0 Å². The summed E-state index contributed by atoms with van der Waals surface area (Å²) in [5, 5.41) is 3.78. The van der Waals surface area contributed by atoms with E-state index in [1.165, 1.54) is 0 Å². The van der Waals surface area contributed by atoms with Crippen LogP contribution in [0.4, 0.5) is 5.69 Å². The minimum absolute atomic E-state index is 0.0997. The van der Waals surface area contributed by atoms with Gasteiger partial charge in [0.2, 0.25) is 5.91 Å². The number of furan rings is 1. The summed E-state index contributed by atoms with van der Waals surface area (Å²) >= 11 is 0. The van der Waals surface area contributed by atoms with Crippen LogP contribution in [0.1, 0.15) is 24.5 Å². The van der Waals surface area contributed by atoms with Crippen molar-refractivity contribution in [1.82, 2.24) is 5.32 Å². The molecule has 4 rings (SSSR count). The van der Waals surface area contributed by atoms with Gasteiger partial charge in [0, 0.05) is 17.5 Å². The lowest BCUT2D eigenvalue weighted by Gasteiger charge is -2.34. The quantitative estimate of drug-likeness (QED) is 0.720. The number of rotatable bonds is 5. The van der Waals surface area contributed by atoms with E-state index in [4.69, 9.17) is 9.15 Å². The number of carbonyl (C=O) groups excluding carboxylic acids is 2. The molecule has 0 fully saturated rings. The number of hydrogen-bond acceptors (Lipinski definition) is 4. The number of anilines is 1. The number of carbonyl (C=O) groups is 2. The molecule has 6 nitrogen and oxygen atoms in total. The Balaban J connectivity index is 1.59. The van der Waals surface area contributed by atoms with Crippen LogP contribution in [0.2, 0.25) is 0 Å². The Bertz CT molecular complexity index is 1060. The molecule has 2 heterocycles. The third-order valence-corrected chi connectivity index (χ3v) is 5.07. The van der Waals surface area contributed by atoms with Gasteiger partial charge in [-0.2, -0.15) is 0 Å². The minimum Gasteiger partial charge on any atom is -0.477 e. The van der Waals surface area contributed by atoms with E-state index >= 15 is 0 Å². The molecule has 2 aromatic carbocycles. The van der Waals surface area contributed by atoms with E-state index in [0.717, 1.165) is 28.5 Å². The average Bonchev–Trinajstić information content (AvgIpc) is 3.12. The second-order valence-electron chi connectivity index (χ2n) is 7.31. The van der Waals surface area contributed by atoms with Crippen molar-refractivity contribution in [2.24, 2.45) is 0 Å². The van der Waals surface area contributed by atoms with Crippen LogP contribution in [0.25, 0.3) is 11.0 Å². The van der Waals surface area contributed by atoms with Gasteiger partial charge in [-0.3, -0.25) is 9.59 Å². The topological polar surface area (TPSA) is 71.8 Å². The molecular formula is C23H24N2O4. The maximum atomic E-state index is 13.2. The van der Waals surface area contributed by atoms with Crippen molar-refractivity contribution in [3.63, 3.8) is 0 Å². The normalized spacial score (nSPS) is 15.7. The SMILES string of the molecule is CCCNC(=O)[C@H]1CN(C(=O)Cc2coc3cc(C)ccc23)c2ccccc2O1. The first-order valence-corrected chi connectivity index (χ1v) is 9.87. The van der Waals surface area contributed by atoms with Crippen molar-refractivity contribution in [2.75, 3.05) is 18.0 Å². The van der Waals surface area contributed by atoms with Gasteiger partial charge >= 0.3 is 0 Å². The number of ether oxygens (including phenoxy) is 1. The summed E-state index contributed by atoms with van der Waals surface area (Å²) in [4.78, 5) is 27.3. The molecule has 0 saturated heterocycles. The van der Waals surface area contributed by atoms with Crippen molar-refractivity contribution in [3.8, 4) is 5.75 Å². The molecular weight excluding hydrogens is 368 g/mol. The minimum atomic E-state index is -0.732. The van der Waals surface area contributed by atoms with E-state index < -0.39 is 6.10 Å². The van der Waals surface area contributed by atoms with Gasteiger partial charge in [0.05, 0.1) is 24.9 Å². The van der Waals surface area contributed by atoms with Crippen LogP contribution in [0.15, 0.2) is 53.1 Å². The van der Waals surface area contributed by atoms with Crippen LogP contribution >= 0.6 is 0 Å². The molecule has 1 aliphatic heterocycles. The number of para-hydroxylation sites is 2. The van der Waals surface area contributed by atoms with Crippen molar-refractivity contribution in [1.29, 1.82) is 0 Å². The third-order valence-electron chi connectivity index (χ3n) is 5.07. The molecule has 0 spiro atoms. The highest BCUT2D eigenvalue weighted by Gasteiger charge is 2.33. The van der Waals surface area contributed by atoms with E-state index in [0.29, 0.717) is 18.0 Å². The molecule has 150 valence electrons. The largest absolute Gasteiger partial charge is 0.477 e. The number of nitrogens with zero attached hydrogens (tertiary/aromatic N) is 1. The second kappa shape index (κ2) is 7.99. The molecule has 1 atom stereocenters.